The summed E-state index contributed by atoms with van der Waals surface area (Å²) < 4.78 is 11.0. The number of benzene rings is 1. The van der Waals surface area contributed by atoms with Crippen molar-refractivity contribution in [3.8, 4) is 11.5 Å². The third-order valence-corrected chi connectivity index (χ3v) is 3.65. The first-order valence-corrected chi connectivity index (χ1v) is 8.03. The summed E-state index contributed by atoms with van der Waals surface area (Å²) in [5, 5.41) is 11.1. The fraction of sp³-hybridized carbons (Fsp3) is 0.294. The molecule has 0 radical (unpaired) electrons. The monoisotopic (exact) mass is 360 g/mol. The molecule has 130 valence electrons. The largest absolute Gasteiger partial charge is 0.437 e. The average molecular weight is 361 g/mol. The van der Waals surface area contributed by atoms with E-state index in [9.17, 15) is 4.79 Å². The standard InChI is InChI=1S/C17H17ClN4O3/c1-17(2,3)12-8-20-16(24-12)14(23)19-9-13-21-22-15(25-13)10-4-6-11(18)7-5-10/h4-8H,9H2,1-3H3,(H,19,23). The van der Waals surface area contributed by atoms with Gasteiger partial charge in [0.25, 0.3) is 5.89 Å². The van der Waals surface area contributed by atoms with Crippen LogP contribution in [0.15, 0.2) is 39.3 Å². The molecule has 8 heteroatoms. The van der Waals surface area contributed by atoms with Crippen molar-refractivity contribution in [2.24, 2.45) is 0 Å². The zero-order valence-corrected chi connectivity index (χ0v) is 14.8. The maximum absolute atomic E-state index is 12.1. The molecule has 0 saturated carbocycles. The van der Waals surface area contributed by atoms with Crippen LogP contribution in [0, 0.1) is 0 Å². The summed E-state index contributed by atoms with van der Waals surface area (Å²) in [6, 6.07) is 7.02. The Bertz CT molecular complexity index is 878. The van der Waals surface area contributed by atoms with Gasteiger partial charge in [0.05, 0.1) is 12.7 Å². The van der Waals surface area contributed by atoms with Crippen molar-refractivity contribution in [2.45, 2.75) is 32.7 Å². The van der Waals surface area contributed by atoms with E-state index in [1.807, 2.05) is 20.8 Å². The van der Waals surface area contributed by atoms with E-state index in [0.717, 1.165) is 5.56 Å². The number of rotatable bonds is 4. The van der Waals surface area contributed by atoms with Gasteiger partial charge in [-0.05, 0) is 24.3 Å². The number of hydrogen-bond donors (Lipinski definition) is 1. The molecule has 3 rings (SSSR count). The minimum absolute atomic E-state index is 0.00219. The second-order valence-electron chi connectivity index (χ2n) is 6.47. The molecule has 1 N–H and O–H groups in total. The number of amides is 1. The SMILES string of the molecule is CC(C)(C)c1cnc(C(=O)NCc2nnc(-c3ccc(Cl)cc3)o2)o1. The topological polar surface area (TPSA) is 94.1 Å². The maximum atomic E-state index is 12.1. The van der Waals surface area contributed by atoms with Crippen molar-refractivity contribution in [1.29, 1.82) is 0 Å². The molecule has 0 aliphatic rings. The second kappa shape index (κ2) is 6.68. The highest BCUT2D eigenvalue weighted by molar-refractivity contribution is 6.30. The summed E-state index contributed by atoms with van der Waals surface area (Å²) in [4.78, 5) is 16.1. The number of oxazole rings is 1. The molecular formula is C17H17ClN4O3. The average Bonchev–Trinajstić information content (AvgIpc) is 3.22. The Labute approximate surface area is 149 Å². The smallest absolute Gasteiger partial charge is 0.307 e. The van der Waals surface area contributed by atoms with Crippen LogP contribution < -0.4 is 5.32 Å². The van der Waals surface area contributed by atoms with Crippen LogP contribution in [0.25, 0.3) is 11.5 Å². The highest BCUT2D eigenvalue weighted by Gasteiger charge is 2.22. The van der Waals surface area contributed by atoms with E-state index in [1.165, 1.54) is 0 Å². The molecule has 7 nitrogen and oxygen atoms in total. The molecule has 0 saturated heterocycles. The zero-order valence-electron chi connectivity index (χ0n) is 14.0. The lowest BCUT2D eigenvalue weighted by molar-refractivity contribution is 0.0909. The zero-order chi connectivity index (χ0) is 18.0. The number of carbonyl (C=O) groups is 1. The molecule has 25 heavy (non-hydrogen) atoms. The van der Waals surface area contributed by atoms with Gasteiger partial charge in [-0.25, -0.2) is 4.98 Å². The van der Waals surface area contributed by atoms with Crippen LogP contribution in [0.3, 0.4) is 0 Å². The maximum Gasteiger partial charge on any atom is 0.307 e. The summed E-state index contributed by atoms with van der Waals surface area (Å²) in [6.07, 6.45) is 1.56. The van der Waals surface area contributed by atoms with Crippen LogP contribution in [-0.4, -0.2) is 21.1 Å². The normalized spacial score (nSPS) is 11.5. The minimum atomic E-state index is -0.443. The Morgan fingerprint density at radius 2 is 1.88 bits per heavy atom. The number of hydrogen-bond acceptors (Lipinski definition) is 6. The Hall–Kier alpha value is -2.67. The minimum Gasteiger partial charge on any atom is -0.437 e. The molecule has 2 heterocycles. The predicted molar refractivity (Wildman–Crippen MR) is 91.1 cm³/mol. The number of carbonyl (C=O) groups excluding carboxylic acids is 1. The summed E-state index contributed by atoms with van der Waals surface area (Å²) >= 11 is 5.85. The van der Waals surface area contributed by atoms with E-state index in [1.54, 1.807) is 30.5 Å². The Morgan fingerprint density at radius 1 is 1.16 bits per heavy atom. The quantitative estimate of drug-likeness (QED) is 0.763. The highest BCUT2D eigenvalue weighted by atomic mass is 35.5. The van der Waals surface area contributed by atoms with Crippen LogP contribution in [-0.2, 0) is 12.0 Å². The molecule has 0 aliphatic carbocycles. The molecule has 0 aliphatic heterocycles. The van der Waals surface area contributed by atoms with Crippen LogP contribution in [0.2, 0.25) is 5.02 Å². The van der Waals surface area contributed by atoms with Gasteiger partial charge in [-0.15, -0.1) is 10.2 Å². The van der Waals surface area contributed by atoms with Crippen molar-refractivity contribution < 1.29 is 13.6 Å². The Balaban J connectivity index is 1.63. The third-order valence-electron chi connectivity index (χ3n) is 3.40. The van der Waals surface area contributed by atoms with E-state index in [2.05, 4.69) is 20.5 Å². The van der Waals surface area contributed by atoms with E-state index < -0.39 is 5.91 Å². The summed E-state index contributed by atoms with van der Waals surface area (Å²) in [7, 11) is 0. The first kappa shape index (κ1) is 17.2. The first-order valence-electron chi connectivity index (χ1n) is 7.66. The van der Waals surface area contributed by atoms with Crippen molar-refractivity contribution in [1.82, 2.24) is 20.5 Å². The van der Waals surface area contributed by atoms with Crippen molar-refractivity contribution >= 4 is 17.5 Å². The van der Waals surface area contributed by atoms with Gasteiger partial charge >= 0.3 is 5.91 Å². The van der Waals surface area contributed by atoms with Gasteiger partial charge in [-0.2, -0.15) is 0 Å². The molecule has 0 atom stereocenters. The van der Waals surface area contributed by atoms with Crippen LogP contribution >= 0.6 is 11.6 Å². The molecular weight excluding hydrogens is 344 g/mol. The first-order chi connectivity index (χ1) is 11.8. The lowest BCUT2D eigenvalue weighted by atomic mass is 9.94. The van der Waals surface area contributed by atoms with Gasteiger partial charge < -0.3 is 14.2 Å². The van der Waals surface area contributed by atoms with Crippen molar-refractivity contribution in [3.05, 3.63) is 53.0 Å². The molecule has 3 aromatic rings. The predicted octanol–water partition coefficient (Wildman–Crippen LogP) is 3.61. The summed E-state index contributed by atoms with van der Waals surface area (Å²) in [5.41, 5.74) is 0.530. The van der Waals surface area contributed by atoms with E-state index in [0.29, 0.717) is 16.7 Å². The lowest BCUT2D eigenvalue weighted by Crippen LogP contribution is -2.23. The molecule has 1 aromatic carbocycles. The molecule has 0 fully saturated rings. The second-order valence-corrected chi connectivity index (χ2v) is 6.91. The lowest BCUT2D eigenvalue weighted by Gasteiger charge is -2.12. The molecule has 0 spiro atoms. The number of nitrogens with zero attached hydrogens (tertiary/aromatic N) is 3. The number of aromatic nitrogens is 3. The molecule has 0 bridgehead atoms. The summed E-state index contributed by atoms with van der Waals surface area (Å²) in [6.45, 7) is 6.01. The fourth-order valence-electron chi connectivity index (χ4n) is 1.99. The molecule has 0 unspecified atom stereocenters. The van der Waals surface area contributed by atoms with Gasteiger partial charge in [-0.3, -0.25) is 4.79 Å². The van der Waals surface area contributed by atoms with E-state index >= 15 is 0 Å². The van der Waals surface area contributed by atoms with Gasteiger partial charge in [-0.1, -0.05) is 32.4 Å². The molecule has 2 aromatic heterocycles. The van der Waals surface area contributed by atoms with Gasteiger partial charge in [0, 0.05) is 16.0 Å². The molecule has 1 amide bonds. The van der Waals surface area contributed by atoms with Gasteiger partial charge in [0.2, 0.25) is 11.8 Å². The van der Waals surface area contributed by atoms with Crippen LogP contribution in [0.1, 0.15) is 43.1 Å². The number of nitrogens with one attached hydrogen (secondary N) is 1. The van der Waals surface area contributed by atoms with E-state index in [4.69, 9.17) is 20.4 Å². The van der Waals surface area contributed by atoms with Crippen molar-refractivity contribution in [3.63, 3.8) is 0 Å². The van der Waals surface area contributed by atoms with Crippen molar-refractivity contribution in [2.75, 3.05) is 0 Å². The van der Waals surface area contributed by atoms with Gasteiger partial charge in [0.15, 0.2) is 0 Å². The fourth-order valence-corrected chi connectivity index (χ4v) is 2.12. The Kier molecular flexibility index (Phi) is 4.59. The highest BCUT2D eigenvalue weighted by Crippen LogP contribution is 2.23. The Morgan fingerprint density at radius 3 is 2.52 bits per heavy atom. The summed E-state index contributed by atoms with van der Waals surface area (Å²) in [5.74, 6) is 0.831. The third kappa shape index (κ3) is 4.06. The van der Waals surface area contributed by atoms with Gasteiger partial charge in [0.1, 0.15) is 5.76 Å². The van der Waals surface area contributed by atoms with Crippen LogP contribution in [0.5, 0.6) is 0 Å². The van der Waals surface area contributed by atoms with E-state index in [-0.39, 0.29) is 23.7 Å². The van der Waals surface area contributed by atoms with Crippen LogP contribution in [0.4, 0.5) is 0 Å². The number of halogens is 1.